The van der Waals surface area contributed by atoms with Crippen molar-refractivity contribution in [2.45, 2.75) is 19.8 Å². The van der Waals surface area contributed by atoms with Crippen LogP contribution in [0, 0.1) is 5.92 Å². The summed E-state index contributed by atoms with van der Waals surface area (Å²) < 4.78 is 0. The summed E-state index contributed by atoms with van der Waals surface area (Å²) in [7, 11) is 3.28. The van der Waals surface area contributed by atoms with Crippen molar-refractivity contribution in [1.82, 2.24) is 14.7 Å². The molecule has 0 aromatic rings. The van der Waals surface area contributed by atoms with E-state index >= 15 is 0 Å². The number of carbonyl (C=O) groups is 3. The van der Waals surface area contributed by atoms with Crippen molar-refractivity contribution in [2.75, 3.05) is 40.3 Å². The molecule has 1 rings (SSSR count). The van der Waals surface area contributed by atoms with Gasteiger partial charge in [0, 0.05) is 33.7 Å². The Morgan fingerprint density at radius 2 is 1.95 bits per heavy atom. The Balaban J connectivity index is 2.66. The Labute approximate surface area is 119 Å². The average Bonchev–Trinajstić information content (AvgIpc) is 2.43. The van der Waals surface area contributed by atoms with E-state index in [2.05, 4.69) is 0 Å². The van der Waals surface area contributed by atoms with Crippen molar-refractivity contribution in [3.63, 3.8) is 0 Å². The van der Waals surface area contributed by atoms with E-state index in [9.17, 15) is 14.4 Å². The Morgan fingerprint density at radius 1 is 1.30 bits per heavy atom. The van der Waals surface area contributed by atoms with Gasteiger partial charge in [-0.05, 0) is 19.8 Å². The average molecular weight is 285 g/mol. The van der Waals surface area contributed by atoms with Crippen LogP contribution in [0.1, 0.15) is 19.8 Å². The second kappa shape index (κ2) is 7.12. The quantitative estimate of drug-likeness (QED) is 0.806. The number of urea groups is 1. The largest absolute Gasteiger partial charge is 0.481 e. The molecule has 1 N–H and O–H groups in total. The molecule has 114 valence electrons. The number of carbonyl (C=O) groups excluding carboxylic acids is 2. The molecule has 1 aliphatic rings. The molecule has 0 saturated carbocycles. The molecule has 1 aliphatic heterocycles. The van der Waals surface area contributed by atoms with Gasteiger partial charge in [-0.25, -0.2) is 4.79 Å². The molecular weight excluding hydrogens is 262 g/mol. The standard InChI is InChI=1S/C13H23N3O4/c1-4-15(9-11(17)14(2)3)13(20)16-7-5-6-10(8-16)12(18)19/h10H,4-9H2,1-3H3,(H,18,19)/t10-/m0/s1. The number of likely N-dealkylation sites (tertiary alicyclic amines) is 1. The van der Waals surface area contributed by atoms with Gasteiger partial charge in [-0.3, -0.25) is 9.59 Å². The summed E-state index contributed by atoms with van der Waals surface area (Å²) in [6.07, 6.45) is 1.28. The van der Waals surface area contributed by atoms with E-state index in [1.54, 1.807) is 21.0 Å². The van der Waals surface area contributed by atoms with E-state index in [4.69, 9.17) is 5.11 Å². The fraction of sp³-hybridized carbons (Fsp3) is 0.769. The SMILES string of the molecule is CCN(CC(=O)N(C)C)C(=O)N1CCC[C@H](C(=O)O)C1. The molecule has 0 aliphatic carbocycles. The van der Waals surface area contributed by atoms with Gasteiger partial charge in [0.15, 0.2) is 0 Å². The van der Waals surface area contributed by atoms with Gasteiger partial charge < -0.3 is 19.8 Å². The highest BCUT2D eigenvalue weighted by atomic mass is 16.4. The molecule has 0 aromatic carbocycles. The van der Waals surface area contributed by atoms with Crippen LogP contribution in [0.15, 0.2) is 0 Å². The lowest BCUT2D eigenvalue weighted by molar-refractivity contribution is -0.143. The van der Waals surface area contributed by atoms with Crippen LogP contribution in [0.4, 0.5) is 4.79 Å². The minimum absolute atomic E-state index is 0.0244. The van der Waals surface area contributed by atoms with Crippen molar-refractivity contribution < 1.29 is 19.5 Å². The van der Waals surface area contributed by atoms with Crippen LogP contribution in [-0.4, -0.2) is 78.0 Å². The number of likely N-dealkylation sites (N-methyl/N-ethyl adjacent to an activating group) is 2. The lowest BCUT2D eigenvalue weighted by Crippen LogP contribution is -2.51. The lowest BCUT2D eigenvalue weighted by atomic mass is 9.99. The molecule has 3 amide bonds. The summed E-state index contributed by atoms with van der Waals surface area (Å²) >= 11 is 0. The van der Waals surface area contributed by atoms with Crippen molar-refractivity contribution >= 4 is 17.9 Å². The van der Waals surface area contributed by atoms with Gasteiger partial charge in [0.2, 0.25) is 5.91 Å². The number of piperidine rings is 1. The highest BCUT2D eigenvalue weighted by Crippen LogP contribution is 2.18. The van der Waals surface area contributed by atoms with Gasteiger partial charge in [0.1, 0.15) is 6.54 Å². The summed E-state index contributed by atoms with van der Waals surface area (Å²) in [4.78, 5) is 39.5. The molecule has 0 radical (unpaired) electrons. The molecule has 20 heavy (non-hydrogen) atoms. The first-order chi connectivity index (χ1) is 9.36. The van der Waals surface area contributed by atoms with Crippen molar-refractivity contribution in [3.8, 4) is 0 Å². The van der Waals surface area contributed by atoms with Crippen molar-refractivity contribution in [3.05, 3.63) is 0 Å². The van der Waals surface area contributed by atoms with E-state index < -0.39 is 11.9 Å². The molecule has 0 spiro atoms. The normalized spacial score (nSPS) is 18.6. The van der Waals surface area contributed by atoms with Gasteiger partial charge >= 0.3 is 12.0 Å². The fourth-order valence-corrected chi connectivity index (χ4v) is 2.17. The molecule has 1 saturated heterocycles. The molecule has 1 heterocycles. The Morgan fingerprint density at radius 3 is 2.45 bits per heavy atom. The molecular formula is C13H23N3O4. The molecule has 0 aromatic heterocycles. The van der Waals surface area contributed by atoms with Gasteiger partial charge in [-0.2, -0.15) is 0 Å². The first-order valence-electron chi connectivity index (χ1n) is 6.83. The topological polar surface area (TPSA) is 81.2 Å². The first kappa shape index (κ1) is 16.3. The maximum Gasteiger partial charge on any atom is 0.320 e. The maximum absolute atomic E-state index is 12.3. The lowest BCUT2D eigenvalue weighted by Gasteiger charge is -2.34. The number of carboxylic acids is 1. The Hall–Kier alpha value is -1.79. The number of aliphatic carboxylic acids is 1. The number of amides is 3. The van der Waals surface area contributed by atoms with E-state index in [-0.39, 0.29) is 25.0 Å². The maximum atomic E-state index is 12.3. The van der Waals surface area contributed by atoms with Gasteiger partial charge in [0.05, 0.1) is 5.92 Å². The number of rotatable bonds is 4. The van der Waals surface area contributed by atoms with Crippen LogP contribution < -0.4 is 0 Å². The van der Waals surface area contributed by atoms with Crippen LogP contribution in [0.2, 0.25) is 0 Å². The smallest absolute Gasteiger partial charge is 0.320 e. The number of hydrogen-bond donors (Lipinski definition) is 1. The summed E-state index contributed by atoms with van der Waals surface area (Å²) in [5.41, 5.74) is 0. The van der Waals surface area contributed by atoms with Crippen LogP contribution in [0.3, 0.4) is 0 Å². The number of nitrogens with zero attached hydrogens (tertiary/aromatic N) is 3. The summed E-state index contributed by atoms with van der Waals surface area (Å²) in [6, 6.07) is -0.256. The summed E-state index contributed by atoms with van der Waals surface area (Å²) in [5.74, 6) is -1.52. The van der Waals surface area contributed by atoms with E-state index in [0.29, 0.717) is 25.9 Å². The molecule has 1 fully saturated rings. The highest BCUT2D eigenvalue weighted by molar-refractivity contribution is 5.84. The second-order valence-electron chi connectivity index (χ2n) is 5.21. The minimum Gasteiger partial charge on any atom is -0.481 e. The van der Waals surface area contributed by atoms with Gasteiger partial charge in [0.25, 0.3) is 0 Å². The zero-order chi connectivity index (χ0) is 15.3. The van der Waals surface area contributed by atoms with Crippen molar-refractivity contribution in [2.24, 2.45) is 5.92 Å². The zero-order valence-electron chi connectivity index (χ0n) is 12.3. The Kier molecular flexibility index (Phi) is 5.79. The molecule has 7 nitrogen and oxygen atoms in total. The third-order valence-corrected chi connectivity index (χ3v) is 3.52. The predicted octanol–water partition coefficient (Wildman–Crippen LogP) is 0.313. The molecule has 0 bridgehead atoms. The third-order valence-electron chi connectivity index (χ3n) is 3.52. The predicted molar refractivity (Wildman–Crippen MR) is 73.3 cm³/mol. The van der Waals surface area contributed by atoms with Crippen LogP contribution in [0.25, 0.3) is 0 Å². The molecule has 0 unspecified atom stereocenters. The Bertz CT molecular complexity index is 384. The van der Waals surface area contributed by atoms with Crippen LogP contribution >= 0.6 is 0 Å². The van der Waals surface area contributed by atoms with Gasteiger partial charge in [-0.15, -0.1) is 0 Å². The molecule has 7 heteroatoms. The van der Waals surface area contributed by atoms with E-state index in [1.807, 2.05) is 0 Å². The summed E-state index contributed by atoms with van der Waals surface area (Å²) in [6.45, 7) is 3.03. The zero-order valence-corrected chi connectivity index (χ0v) is 12.3. The second-order valence-corrected chi connectivity index (χ2v) is 5.21. The third kappa shape index (κ3) is 4.11. The minimum atomic E-state index is -0.866. The first-order valence-corrected chi connectivity index (χ1v) is 6.83. The van der Waals surface area contributed by atoms with E-state index in [1.165, 1.54) is 14.7 Å². The fourth-order valence-electron chi connectivity index (χ4n) is 2.17. The highest BCUT2D eigenvalue weighted by Gasteiger charge is 2.30. The van der Waals surface area contributed by atoms with Crippen molar-refractivity contribution in [1.29, 1.82) is 0 Å². The van der Waals surface area contributed by atoms with Crippen LogP contribution in [0.5, 0.6) is 0 Å². The van der Waals surface area contributed by atoms with Crippen LogP contribution in [-0.2, 0) is 9.59 Å². The monoisotopic (exact) mass is 285 g/mol. The number of carboxylic acid groups (broad SMARTS) is 1. The summed E-state index contributed by atoms with van der Waals surface area (Å²) in [5, 5.41) is 9.04. The number of hydrogen-bond acceptors (Lipinski definition) is 3. The van der Waals surface area contributed by atoms with Gasteiger partial charge in [-0.1, -0.05) is 0 Å². The van der Waals surface area contributed by atoms with E-state index in [0.717, 1.165) is 0 Å². The molecule has 1 atom stereocenters.